The maximum Gasteiger partial charge on any atom is 0.410 e. The molecule has 2 aliphatic rings. The SMILES string of the molecule is CC(=O)N(C)c1cc(N2CCN(C(=O)OC(C)(C)C)C[C@@H]2C)ccc1Cl.CCc1cc(N2CCNC[C@@H]2C)ccc1Cl. The van der Waals surface area contributed by atoms with Crippen LogP contribution in [-0.2, 0) is 16.0 Å². The molecule has 2 heterocycles. The number of nitrogens with one attached hydrogen (secondary N) is 1. The van der Waals surface area contributed by atoms with Gasteiger partial charge in [-0.05, 0) is 83.0 Å². The van der Waals surface area contributed by atoms with Crippen LogP contribution in [0, 0.1) is 0 Å². The molecule has 2 amide bonds. The summed E-state index contributed by atoms with van der Waals surface area (Å²) < 4.78 is 5.47. The predicted molar refractivity (Wildman–Crippen MR) is 176 cm³/mol. The van der Waals surface area contributed by atoms with Crippen LogP contribution in [0.3, 0.4) is 0 Å². The van der Waals surface area contributed by atoms with E-state index in [2.05, 4.69) is 48.0 Å². The van der Waals surface area contributed by atoms with Crippen molar-refractivity contribution in [2.24, 2.45) is 0 Å². The summed E-state index contributed by atoms with van der Waals surface area (Å²) in [6.45, 7) is 18.6. The van der Waals surface area contributed by atoms with Gasteiger partial charge < -0.3 is 29.7 Å². The Morgan fingerprint density at radius 1 is 0.976 bits per heavy atom. The predicted octanol–water partition coefficient (Wildman–Crippen LogP) is 6.47. The van der Waals surface area contributed by atoms with E-state index < -0.39 is 5.60 Å². The van der Waals surface area contributed by atoms with Crippen molar-refractivity contribution >= 4 is 52.3 Å². The highest BCUT2D eigenvalue weighted by Crippen LogP contribution is 2.32. The normalized spacial score (nSPS) is 19.1. The van der Waals surface area contributed by atoms with Crippen molar-refractivity contribution in [1.82, 2.24) is 10.2 Å². The quantitative estimate of drug-likeness (QED) is 0.423. The second-order valence-electron chi connectivity index (χ2n) is 12.1. The molecule has 0 radical (unpaired) electrons. The standard InChI is InChI=1S/C19H28ClN3O3.C13H19ClN2/c1-13-12-22(18(25)26-19(3,4)5)9-10-23(13)15-7-8-16(20)17(11-15)21(6)14(2)24;1-3-11-8-12(4-5-13(11)14)16-7-6-15-9-10(16)2/h7-8,11,13H,9-10,12H2,1-6H3;4-5,8,10,15H,3,6-7,9H2,1-2H3/t13-;10-/m00/s1. The summed E-state index contributed by atoms with van der Waals surface area (Å²) in [4.78, 5) is 31.9. The number of halogens is 2. The number of aryl methyl sites for hydroxylation is 1. The summed E-state index contributed by atoms with van der Waals surface area (Å²) in [5.41, 5.74) is 3.70. The molecule has 0 unspecified atom stereocenters. The van der Waals surface area contributed by atoms with Gasteiger partial charge in [0.2, 0.25) is 5.91 Å². The molecule has 0 bridgehead atoms. The van der Waals surface area contributed by atoms with Crippen LogP contribution in [0.5, 0.6) is 0 Å². The molecule has 10 heteroatoms. The Balaban J connectivity index is 0.000000258. The third kappa shape index (κ3) is 8.91. The summed E-state index contributed by atoms with van der Waals surface area (Å²) in [5, 5.41) is 4.82. The van der Waals surface area contributed by atoms with Gasteiger partial charge in [-0.2, -0.15) is 0 Å². The van der Waals surface area contributed by atoms with Crippen molar-refractivity contribution in [2.45, 2.75) is 72.6 Å². The first-order chi connectivity index (χ1) is 19.7. The molecule has 2 aliphatic heterocycles. The van der Waals surface area contributed by atoms with Gasteiger partial charge in [0, 0.05) is 81.7 Å². The van der Waals surface area contributed by atoms with E-state index in [1.807, 2.05) is 39.0 Å². The third-order valence-electron chi connectivity index (χ3n) is 7.62. The van der Waals surface area contributed by atoms with Gasteiger partial charge in [0.1, 0.15) is 5.60 Å². The average molecular weight is 621 g/mol. The number of rotatable bonds is 4. The van der Waals surface area contributed by atoms with E-state index in [4.69, 9.17) is 27.9 Å². The number of amides is 2. The zero-order chi connectivity index (χ0) is 31.2. The minimum atomic E-state index is -0.500. The molecule has 42 heavy (non-hydrogen) atoms. The summed E-state index contributed by atoms with van der Waals surface area (Å²) in [7, 11) is 1.71. The van der Waals surface area contributed by atoms with Crippen LogP contribution in [0.4, 0.5) is 21.9 Å². The van der Waals surface area contributed by atoms with Gasteiger partial charge >= 0.3 is 6.09 Å². The lowest BCUT2D eigenvalue weighted by Crippen LogP contribution is -2.54. The molecule has 0 aliphatic carbocycles. The van der Waals surface area contributed by atoms with Crippen molar-refractivity contribution < 1.29 is 14.3 Å². The minimum absolute atomic E-state index is 0.0770. The van der Waals surface area contributed by atoms with E-state index in [0.717, 1.165) is 36.8 Å². The lowest BCUT2D eigenvalue weighted by atomic mass is 10.1. The molecular formula is C32H47Cl2N5O3. The van der Waals surface area contributed by atoms with E-state index in [9.17, 15) is 9.59 Å². The Morgan fingerprint density at radius 2 is 1.60 bits per heavy atom. The van der Waals surface area contributed by atoms with Gasteiger partial charge in [-0.1, -0.05) is 30.1 Å². The number of carbonyl (C=O) groups excluding carboxylic acids is 2. The summed E-state index contributed by atoms with van der Waals surface area (Å²) in [6.07, 6.45) is 0.713. The Kier molecular flexibility index (Phi) is 11.8. The van der Waals surface area contributed by atoms with Crippen LogP contribution >= 0.6 is 23.2 Å². The van der Waals surface area contributed by atoms with Crippen LogP contribution < -0.4 is 20.0 Å². The van der Waals surface area contributed by atoms with Gasteiger partial charge in [0.05, 0.1) is 10.7 Å². The lowest BCUT2D eigenvalue weighted by Gasteiger charge is -2.41. The largest absolute Gasteiger partial charge is 0.444 e. The molecule has 1 N–H and O–H groups in total. The Bertz CT molecular complexity index is 1240. The van der Waals surface area contributed by atoms with Crippen LogP contribution in [0.15, 0.2) is 36.4 Å². The highest BCUT2D eigenvalue weighted by Gasteiger charge is 2.30. The maximum atomic E-state index is 12.3. The van der Waals surface area contributed by atoms with Crippen LogP contribution in [0.2, 0.25) is 10.0 Å². The number of hydrogen-bond donors (Lipinski definition) is 1. The minimum Gasteiger partial charge on any atom is -0.444 e. The van der Waals surface area contributed by atoms with E-state index in [0.29, 0.717) is 36.4 Å². The first-order valence-electron chi connectivity index (χ1n) is 14.8. The fourth-order valence-electron chi connectivity index (χ4n) is 5.18. The highest BCUT2D eigenvalue weighted by molar-refractivity contribution is 6.34. The molecule has 2 aromatic carbocycles. The molecule has 2 saturated heterocycles. The van der Waals surface area contributed by atoms with Crippen molar-refractivity contribution in [3.05, 3.63) is 52.0 Å². The molecule has 0 aromatic heterocycles. The highest BCUT2D eigenvalue weighted by atomic mass is 35.5. The number of hydrogen-bond acceptors (Lipinski definition) is 6. The van der Waals surface area contributed by atoms with Crippen molar-refractivity contribution in [1.29, 1.82) is 0 Å². The molecule has 2 fully saturated rings. The van der Waals surface area contributed by atoms with Gasteiger partial charge in [0.15, 0.2) is 0 Å². The lowest BCUT2D eigenvalue weighted by molar-refractivity contribution is -0.116. The fraction of sp³-hybridized carbons (Fsp3) is 0.562. The zero-order valence-corrected chi connectivity index (χ0v) is 27.8. The monoisotopic (exact) mass is 619 g/mol. The fourth-order valence-corrected chi connectivity index (χ4v) is 5.67. The molecule has 4 rings (SSSR count). The number of ether oxygens (including phenoxy) is 1. The van der Waals surface area contributed by atoms with Crippen LogP contribution in [0.25, 0.3) is 0 Å². The number of benzene rings is 2. The Morgan fingerprint density at radius 3 is 2.17 bits per heavy atom. The van der Waals surface area contributed by atoms with Crippen molar-refractivity contribution in [2.75, 3.05) is 61.0 Å². The van der Waals surface area contributed by atoms with Gasteiger partial charge in [-0.3, -0.25) is 4.79 Å². The number of piperazine rings is 2. The smallest absolute Gasteiger partial charge is 0.410 e. The van der Waals surface area contributed by atoms with Gasteiger partial charge in [0.25, 0.3) is 0 Å². The molecule has 8 nitrogen and oxygen atoms in total. The maximum absolute atomic E-state index is 12.3. The Hall–Kier alpha value is -2.68. The number of anilines is 3. The van der Waals surface area contributed by atoms with E-state index in [-0.39, 0.29) is 18.0 Å². The molecule has 2 atom stereocenters. The van der Waals surface area contributed by atoms with Crippen molar-refractivity contribution in [3.63, 3.8) is 0 Å². The third-order valence-corrected chi connectivity index (χ3v) is 8.31. The second-order valence-corrected chi connectivity index (χ2v) is 12.9. The topological polar surface area (TPSA) is 68.4 Å². The van der Waals surface area contributed by atoms with Gasteiger partial charge in [-0.25, -0.2) is 4.79 Å². The molecule has 2 aromatic rings. The zero-order valence-electron chi connectivity index (χ0n) is 26.3. The van der Waals surface area contributed by atoms with E-state index in [1.165, 1.54) is 23.1 Å². The second kappa shape index (κ2) is 14.7. The summed E-state index contributed by atoms with van der Waals surface area (Å²) in [5.74, 6) is -0.0770. The Labute approximate surface area is 261 Å². The molecule has 232 valence electrons. The van der Waals surface area contributed by atoms with E-state index in [1.54, 1.807) is 18.0 Å². The van der Waals surface area contributed by atoms with Crippen LogP contribution in [0.1, 0.15) is 54.0 Å². The number of carbonyl (C=O) groups is 2. The summed E-state index contributed by atoms with van der Waals surface area (Å²) in [6, 6.07) is 12.7. The molecule has 0 saturated carbocycles. The van der Waals surface area contributed by atoms with Crippen molar-refractivity contribution in [3.8, 4) is 0 Å². The van der Waals surface area contributed by atoms with E-state index >= 15 is 0 Å². The van der Waals surface area contributed by atoms with Gasteiger partial charge in [-0.15, -0.1) is 0 Å². The first-order valence-corrected chi connectivity index (χ1v) is 15.5. The molecular weight excluding hydrogens is 573 g/mol. The first kappa shape index (κ1) is 33.8. The number of nitrogens with zero attached hydrogens (tertiary/aromatic N) is 4. The van der Waals surface area contributed by atoms with Crippen LogP contribution in [-0.4, -0.2) is 80.9 Å². The average Bonchev–Trinajstić information content (AvgIpc) is 2.93. The summed E-state index contributed by atoms with van der Waals surface area (Å²) >= 11 is 12.4. The molecule has 0 spiro atoms.